The van der Waals surface area contributed by atoms with Crippen molar-refractivity contribution in [1.82, 2.24) is 15.0 Å². The van der Waals surface area contributed by atoms with Gasteiger partial charge in [-0.2, -0.15) is 5.01 Å². The van der Waals surface area contributed by atoms with E-state index in [4.69, 9.17) is 0 Å². The predicted molar refractivity (Wildman–Crippen MR) is 124 cm³/mol. The van der Waals surface area contributed by atoms with Gasteiger partial charge in [0.2, 0.25) is 0 Å². The van der Waals surface area contributed by atoms with Crippen molar-refractivity contribution < 1.29 is 14.7 Å². The van der Waals surface area contributed by atoms with Crippen molar-refractivity contribution in [2.45, 2.75) is 6.92 Å². The van der Waals surface area contributed by atoms with Crippen LogP contribution in [0.3, 0.4) is 0 Å². The lowest BCUT2D eigenvalue weighted by atomic mass is 10.1. The lowest BCUT2D eigenvalue weighted by Crippen LogP contribution is -2.36. The first-order chi connectivity index (χ1) is 14.5. The molecule has 0 saturated carbocycles. The summed E-state index contributed by atoms with van der Waals surface area (Å²) < 4.78 is 0. The van der Waals surface area contributed by atoms with E-state index >= 15 is 0 Å². The number of amides is 2. The summed E-state index contributed by atoms with van der Waals surface area (Å²) >= 11 is 2.93. The first-order valence-electron chi connectivity index (χ1n) is 8.97. The minimum absolute atomic E-state index is 0. The highest BCUT2D eigenvalue weighted by molar-refractivity contribution is 7.17. The van der Waals surface area contributed by atoms with E-state index in [1.807, 2.05) is 29.0 Å². The summed E-state index contributed by atoms with van der Waals surface area (Å²) in [5.41, 5.74) is 4.85. The second kappa shape index (κ2) is 8.10. The van der Waals surface area contributed by atoms with Gasteiger partial charge in [-0.25, -0.2) is 9.97 Å². The number of benzene rings is 1. The molecular formula is C21H15ClN4O3S2. The molecule has 0 fully saturated rings. The first-order valence-corrected chi connectivity index (χ1v) is 10.7. The third-order valence-electron chi connectivity index (χ3n) is 4.65. The van der Waals surface area contributed by atoms with Crippen LogP contribution in [0.25, 0.3) is 32.0 Å². The van der Waals surface area contributed by atoms with Gasteiger partial charge in [0.05, 0.1) is 10.3 Å². The molecule has 4 heterocycles. The lowest BCUT2D eigenvalue weighted by Gasteiger charge is -2.18. The Balaban J connectivity index is 0.00000231. The summed E-state index contributed by atoms with van der Waals surface area (Å²) in [6.07, 6.45) is 1.29. The molecule has 0 atom stereocenters. The molecule has 0 aliphatic carbocycles. The van der Waals surface area contributed by atoms with Crippen LogP contribution in [-0.2, 0) is 9.59 Å². The number of hydrazine groups is 1. The Bertz CT molecular complexity index is 1350. The van der Waals surface area contributed by atoms with Crippen molar-refractivity contribution in [1.29, 1.82) is 0 Å². The molecule has 1 aromatic carbocycles. The summed E-state index contributed by atoms with van der Waals surface area (Å²) in [6.45, 7) is 1.59. The van der Waals surface area contributed by atoms with Crippen LogP contribution in [0.1, 0.15) is 6.92 Å². The van der Waals surface area contributed by atoms with Crippen LogP contribution < -0.4 is 5.43 Å². The zero-order valence-corrected chi connectivity index (χ0v) is 18.5. The van der Waals surface area contributed by atoms with Gasteiger partial charge in [0.1, 0.15) is 10.6 Å². The van der Waals surface area contributed by atoms with Crippen molar-refractivity contribution in [3.8, 4) is 27.6 Å². The number of carbonyl (C=O) groups excluding carboxylic acids is 2. The molecule has 10 heteroatoms. The Morgan fingerprint density at radius 1 is 1.10 bits per heavy atom. The first kappa shape index (κ1) is 21.0. The number of nitrogens with one attached hydrogen (secondary N) is 1. The minimum Gasteiger partial charge on any atom is -0.508 e. The topological polar surface area (TPSA) is 95.4 Å². The van der Waals surface area contributed by atoms with Gasteiger partial charge in [-0.1, -0.05) is 18.2 Å². The quantitative estimate of drug-likeness (QED) is 0.414. The van der Waals surface area contributed by atoms with Gasteiger partial charge in [0, 0.05) is 22.6 Å². The number of thiophene rings is 2. The molecule has 7 nitrogen and oxygen atoms in total. The Morgan fingerprint density at radius 3 is 2.61 bits per heavy atom. The standard InChI is InChI=1S/C21H14N4O3S2.ClH/c1-11-8-16(27)25(21(11)28)24-19-17-14(12-4-2-5-13(26)9-12)10-30-20(17)23-18(22-19)15-6-3-7-29-15;/h2-10,26H,1H3,(H,22,23,24);1H. The molecule has 1 aliphatic heterocycles. The maximum atomic E-state index is 12.4. The average Bonchev–Trinajstić information content (AvgIpc) is 3.45. The number of aromatic hydroxyl groups is 1. The number of fused-ring (bicyclic) bond motifs is 1. The fourth-order valence-electron chi connectivity index (χ4n) is 3.22. The van der Waals surface area contributed by atoms with Crippen LogP contribution in [0.15, 0.2) is 58.8 Å². The smallest absolute Gasteiger partial charge is 0.275 e. The number of phenolic OH excluding ortho intramolecular Hbond substituents is 1. The molecule has 0 radical (unpaired) electrons. The van der Waals surface area contributed by atoms with E-state index in [1.54, 1.807) is 25.1 Å². The minimum atomic E-state index is -0.448. The highest BCUT2D eigenvalue weighted by Gasteiger charge is 2.30. The van der Waals surface area contributed by atoms with E-state index in [1.165, 1.54) is 28.7 Å². The van der Waals surface area contributed by atoms with Crippen LogP contribution in [0.2, 0.25) is 0 Å². The Hall–Kier alpha value is -3.27. The fourth-order valence-corrected chi connectivity index (χ4v) is 4.83. The average molecular weight is 471 g/mol. The number of hydrogen-bond acceptors (Lipinski definition) is 8. The summed E-state index contributed by atoms with van der Waals surface area (Å²) in [6, 6.07) is 10.7. The molecule has 0 saturated heterocycles. The molecule has 31 heavy (non-hydrogen) atoms. The summed E-state index contributed by atoms with van der Waals surface area (Å²) in [5, 5.41) is 15.4. The highest BCUT2D eigenvalue weighted by atomic mass is 35.5. The SMILES string of the molecule is CC1=CC(=O)N(Nc2nc(-c3cccs3)nc3scc(-c4cccc(O)c4)c23)C1=O.Cl. The third kappa shape index (κ3) is 3.67. The van der Waals surface area contributed by atoms with Gasteiger partial charge in [-0.05, 0) is 36.1 Å². The van der Waals surface area contributed by atoms with E-state index in [0.29, 0.717) is 27.4 Å². The molecule has 5 rings (SSSR count). The number of aromatic nitrogens is 2. The van der Waals surface area contributed by atoms with Crippen LogP contribution in [0, 0.1) is 0 Å². The molecule has 156 valence electrons. The van der Waals surface area contributed by atoms with Gasteiger partial charge >= 0.3 is 0 Å². The van der Waals surface area contributed by atoms with Gasteiger partial charge in [0.25, 0.3) is 11.8 Å². The van der Waals surface area contributed by atoms with Crippen molar-refractivity contribution in [3.05, 3.63) is 58.8 Å². The third-order valence-corrected chi connectivity index (χ3v) is 6.39. The number of hydrogen-bond donors (Lipinski definition) is 2. The number of anilines is 1. The highest BCUT2D eigenvalue weighted by Crippen LogP contribution is 2.39. The van der Waals surface area contributed by atoms with Gasteiger partial charge in [-0.15, -0.1) is 35.1 Å². The number of rotatable bonds is 4. The van der Waals surface area contributed by atoms with Gasteiger partial charge in [0.15, 0.2) is 11.6 Å². The molecule has 2 amide bonds. The second-order valence-electron chi connectivity index (χ2n) is 6.67. The van der Waals surface area contributed by atoms with Crippen molar-refractivity contribution >= 4 is 62.9 Å². The molecule has 0 unspecified atom stereocenters. The van der Waals surface area contributed by atoms with Crippen LogP contribution in [0.4, 0.5) is 5.82 Å². The zero-order chi connectivity index (χ0) is 20.8. The van der Waals surface area contributed by atoms with Crippen molar-refractivity contribution in [2.24, 2.45) is 0 Å². The number of phenols is 1. The van der Waals surface area contributed by atoms with Crippen LogP contribution in [0.5, 0.6) is 5.75 Å². The van der Waals surface area contributed by atoms with Gasteiger partial charge < -0.3 is 5.11 Å². The van der Waals surface area contributed by atoms with Gasteiger partial charge in [-0.3, -0.25) is 15.0 Å². The largest absolute Gasteiger partial charge is 0.508 e. The van der Waals surface area contributed by atoms with E-state index < -0.39 is 11.8 Å². The van der Waals surface area contributed by atoms with Crippen LogP contribution in [-0.4, -0.2) is 31.9 Å². The number of imide groups is 1. The van der Waals surface area contributed by atoms with E-state index in [-0.39, 0.29) is 18.2 Å². The van der Waals surface area contributed by atoms with E-state index in [0.717, 1.165) is 21.0 Å². The monoisotopic (exact) mass is 470 g/mol. The zero-order valence-electron chi connectivity index (χ0n) is 16.0. The Labute approximate surface area is 191 Å². The van der Waals surface area contributed by atoms with Crippen LogP contribution >= 0.6 is 35.1 Å². The lowest BCUT2D eigenvalue weighted by molar-refractivity contribution is -0.135. The maximum Gasteiger partial charge on any atom is 0.275 e. The van der Waals surface area contributed by atoms with E-state index in [2.05, 4.69) is 15.4 Å². The molecule has 3 aromatic heterocycles. The molecule has 0 spiro atoms. The number of nitrogens with zero attached hydrogens (tertiary/aromatic N) is 3. The number of carbonyl (C=O) groups is 2. The van der Waals surface area contributed by atoms with Crippen molar-refractivity contribution in [3.63, 3.8) is 0 Å². The fraction of sp³-hybridized carbons (Fsp3) is 0.0476. The molecule has 0 bridgehead atoms. The number of halogens is 1. The van der Waals surface area contributed by atoms with Crippen molar-refractivity contribution in [2.75, 3.05) is 5.43 Å². The Morgan fingerprint density at radius 2 is 1.94 bits per heavy atom. The maximum absolute atomic E-state index is 12.4. The van der Waals surface area contributed by atoms with E-state index in [9.17, 15) is 14.7 Å². The molecule has 4 aromatic rings. The normalized spacial score (nSPS) is 13.5. The molecular weight excluding hydrogens is 456 g/mol. The summed E-state index contributed by atoms with van der Waals surface area (Å²) in [5.74, 6) is 0.137. The molecule has 2 N–H and O–H groups in total. The summed E-state index contributed by atoms with van der Waals surface area (Å²) in [7, 11) is 0. The molecule has 1 aliphatic rings. The predicted octanol–water partition coefficient (Wildman–Crippen LogP) is 4.86. The Kier molecular flexibility index (Phi) is 5.48. The summed E-state index contributed by atoms with van der Waals surface area (Å²) in [4.78, 5) is 35.6. The second-order valence-corrected chi connectivity index (χ2v) is 8.48.